The fraction of sp³-hybridized carbons (Fsp3) is 0.948. The number of hydrogen-bond acceptors (Lipinski definition) is 10. The monoisotopic (exact) mass is 1020 g/mol. The van der Waals surface area contributed by atoms with Crippen molar-refractivity contribution in [2.45, 2.75) is 309 Å². The van der Waals surface area contributed by atoms with Gasteiger partial charge in [0, 0.05) is 19.3 Å². The first-order valence-corrected chi connectivity index (χ1v) is 31.2. The smallest absolute Gasteiger partial charge is 0.306 e. The highest BCUT2D eigenvalue weighted by molar-refractivity contribution is 7.45. The molecule has 0 aliphatic carbocycles. The van der Waals surface area contributed by atoms with Crippen molar-refractivity contribution >= 4 is 25.7 Å². The summed E-state index contributed by atoms with van der Waals surface area (Å²) in [6.07, 6.45) is 47.0. The van der Waals surface area contributed by atoms with Gasteiger partial charge in [-0.05, 0) is 44.9 Å². The number of ether oxygens (including phenoxy) is 3. The van der Waals surface area contributed by atoms with Gasteiger partial charge in [-0.1, -0.05) is 233 Å². The van der Waals surface area contributed by atoms with Gasteiger partial charge in [-0.25, -0.2) is 0 Å². The number of hydrogen-bond donors (Lipinski definition) is 0. The molecule has 0 spiro atoms. The maximum atomic E-state index is 13.0. The summed E-state index contributed by atoms with van der Waals surface area (Å²) in [5, 5.41) is 0. The first kappa shape index (κ1) is 68.5. The highest BCUT2D eigenvalue weighted by Gasteiger charge is 2.22. The normalized spacial score (nSPS) is 13.5. The van der Waals surface area contributed by atoms with Crippen molar-refractivity contribution in [1.29, 1.82) is 0 Å². The molecule has 0 radical (unpaired) electrons. The average molecular weight is 1020 g/mol. The summed E-state index contributed by atoms with van der Waals surface area (Å²) in [7, 11) is 1.11. The fourth-order valence-corrected chi connectivity index (χ4v) is 9.57. The number of rotatable bonds is 55. The summed E-state index contributed by atoms with van der Waals surface area (Å²) in [4.78, 5) is 51.0. The van der Waals surface area contributed by atoms with E-state index in [1.807, 2.05) is 21.1 Å². The quantitative estimate of drug-likeness (QED) is 0.0190. The van der Waals surface area contributed by atoms with E-state index in [9.17, 15) is 23.8 Å². The minimum absolute atomic E-state index is 0.0322. The average Bonchev–Trinajstić information content (AvgIpc) is 3.31. The van der Waals surface area contributed by atoms with Crippen molar-refractivity contribution in [1.82, 2.24) is 0 Å². The maximum absolute atomic E-state index is 13.0. The van der Waals surface area contributed by atoms with Crippen molar-refractivity contribution in [2.75, 3.05) is 47.5 Å². The Hall–Kier alpha value is -1.52. The zero-order valence-electron chi connectivity index (χ0n) is 46.9. The topological polar surface area (TPSA) is 137 Å². The zero-order chi connectivity index (χ0) is 51.7. The van der Waals surface area contributed by atoms with E-state index in [-0.39, 0.29) is 38.1 Å². The first-order chi connectivity index (χ1) is 33.8. The van der Waals surface area contributed by atoms with Gasteiger partial charge < -0.3 is 32.6 Å². The molecule has 2 unspecified atom stereocenters. The van der Waals surface area contributed by atoms with Crippen LogP contribution >= 0.6 is 7.82 Å². The summed E-state index contributed by atoms with van der Waals surface area (Å²) in [6, 6.07) is 0. The molecule has 11 nitrogen and oxygen atoms in total. The second-order valence-electron chi connectivity index (χ2n) is 21.7. The molecule has 0 aliphatic rings. The Kier molecular flexibility index (Phi) is 48.6. The van der Waals surface area contributed by atoms with Crippen molar-refractivity contribution < 1.29 is 51.6 Å². The molecule has 0 rings (SSSR count). The molecule has 0 N–H and O–H groups in total. The molecule has 0 fully saturated rings. The van der Waals surface area contributed by atoms with Gasteiger partial charge >= 0.3 is 17.9 Å². The largest absolute Gasteiger partial charge is 0.756 e. The summed E-state index contributed by atoms with van der Waals surface area (Å²) in [5.41, 5.74) is 0. The van der Waals surface area contributed by atoms with E-state index in [0.29, 0.717) is 23.9 Å². The van der Waals surface area contributed by atoms with Crippen LogP contribution in [0.2, 0.25) is 0 Å². The summed E-state index contributed by atoms with van der Waals surface area (Å²) in [6.45, 7) is 6.39. The lowest BCUT2D eigenvalue weighted by Crippen LogP contribution is -2.37. The molecular weight excluding hydrogens is 902 g/mol. The van der Waals surface area contributed by atoms with Crippen LogP contribution in [0.5, 0.6) is 0 Å². The highest BCUT2D eigenvalue weighted by Crippen LogP contribution is 2.38. The van der Waals surface area contributed by atoms with Crippen LogP contribution in [0.25, 0.3) is 0 Å². The minimum Gasteiger partial charge on any atom is -0.756 e. The molecule has 0 aromatic carbocycles. The van der Waals surface area contributed by atoms with Gasteiger partial charge in [0.2, 0.25) is 0 Å². The van der Waals surface area contributed by atoms with Gasteiger partial charge in [-0.2, -0.15) is 0 Å². The zero-order valence-corrected chi connectivity index (χ0v) is 47.8. The summed E-state index contributed by atoms with van der Waals surface area (Å²) < 4.78 is 40.4. The molecule has 0 aromatic rings. The SMILES string of the molecule is CCCCCCCCCCCCCCCC(=O)OC[C@H](COP(=O)([O-])OCC[N+](C)(C)C)OC(=O)CCCCCCCC(CCCCCCCCC)OC(=O)CCCCCCCCCCCCCCC. The Morgan fingerprint density at radius 2 is 0.700 bits per heavy atom. The Morgan fingerprint density at radius 1 is 0.400 bits per heavy atom. The molecule has 416 valence electrons. The lowest BCUT2D eigenvalue weighted by Gasteiger charge is -2.28. The Bertz CT molecular complexity index is 1230. The van der Waals surface area contributed by atoms with Crippen molar-refractivity contribution in [2.24, 2.45) is 0 Å². The Balaban J connectivity index is 4.74. The molecule has 0 bridgehead atoms. The molecule has 12 heteroatoms. The number of unbranched alkanes of at least 4 members (excludes halogenated alkanes) is 34. The second kappa shape index (κ2) is 49.7. The van der Waals surface area contributed by atoms with Crippen LogP contribution in [-0.4, -0.2) is 82.1 Å². The fourth-order valence-electron chi connectivity index (χ4n) is 8.84. The Labute approximate surface area is 432 Å². The number of nitrogens with zero attached hydrogens (tertiary/aromatic N) is 1. The van der Waals surface area contributed by atoms with Crippen LogP contribution in [0.3, 0.4) is 0 Å². The molecule has 70 heavy (non-hydrogen) atoms. The van der Waals surface area contributed by atoms with E-state index in [4.69, 9.17) is 23.3 Å². The van der Waals surface area contributed by atoms with Crippen molar-refractivity contribution in [3.63, 3.8) is 0 Å². The third-order valence-corrected chi connectivity index (χ3v) is 14.4. The Morgan fingerprint density at radius 3 is 1.04 bits per heavy atom. The number of carbonyl (C=O) groups excluding carboxylic acids is 3. The van der Waals surface area contributed by atoms with Gasteiger partial charge in [0.15, 0.2) is 6.10 Å². The first-order valence-electron chi connectivity index (χ1n) is 29.8. The number of esters is 3. The van der Waals surface area contributed by atoms with E-state index in [0.717, 1.165) is 77.0 Å². The highest BCUT2D eigenvalue weighted by atomic mass is 31.2. The summed E-state index contributed by atoms with van der Waals surface area (Å²) >= 11 is 0. The predicted octanol–water partition coefficient (Wildman–Crippen LogP) is 16.4. The number of phosphoric acid groups is 1. The molecule has 0 heterocycles. The number of carbonyl (C=O) groups is 3. The number of quaternary nitrogens is 1. The third kappa shape index (κ3) is 51.4. The molecule has 0 amide bonds. The summed E-state index contributed by atoms with van der Waals surface area (Å²) in [5.74, 6) is -0.936. The van der Waals surface area contributed by atoms with Crippen LogP contribution in [-0.2, 0) is 42.2 Å². The van der Waals surface area contributed by atoms with Crippen LogP contribution in [0.15, 0.2) is 0 Å². The van der Waals surface area contributed by atoms with Gasteiger partial charge in [0.05, 0.1) is 27.7 Å². The van der Waals surface area contributed by atoms with Gasteiger partial charge in [0.1, 0.15) is 25.9 Å². The molecule has 0 aromatic heterocycles. The minimum atomic E-state index is -4.67. The van der Waals surface area contributed by atoms with Crippen molar-refractivity contribution in [3.8, 4) is 0 Å². The standard InChI is InChI=1S/C58H114NO10P/c1-7-10-13-16-19-21-23-25-27-29-32-37-42-47-56(60)65-52-55(53-67-70(63,64)66-51-50-59(4,5)6)69-58(62)49-44-39-34-36-41-46-54(45-40-35-31-18-15-12-9-3)68-57(61)48-43-38-33-30-28-26-24-22-20-17-14-11-8-2/h54-55H,7-53H2,1-6H3/t54?,55-/m1/s1. The number of likely N-dealkylation sites (N-methyl/N-ethyl adjacent to an activating group) is 1. The lowest BCUT2D eigenvalue weighted by molar-refractivity contribution is -0.870. The molecule has 3 atom stereocenters. The lowest BCUT2D eigenvalue weighted by atomic mass is 10.0. The van der Waals surface area contributed by atoms with Crippen molar-refractivity contribution in [3.05, 3.63) is 0 Å². The second-order valence-corrected chi connectivity index (χ2v) is 23.1. The van der Waals surface area contributed by atoms with E-state index in [1.54, 1.807) is 0 Å². The van der Waals surface area contributed by atoms with Crippen LogP contribution < -0.4 is 4.89 Å². The van der Waals surface area contributed by atoms with E-state index in [1.165, 1.54) is 173 Å². The van der Waals surface area contributed by atoms with E-state index < -0.39 is 32.5 Å². The van der Waals surface area contributed by atoms with E-state index in [2.05, 4.69) is 20.8 Å². The van der Waals surface area contributed by atoms with Crippen LogP contribution in [0.1, 0.15) is 297 Å². The molecule has 0 saturated heterocycles. The van der Waals surface area contributed by atoms with E-state index >= 15 is 0 Å². The van der Waals surface area contributed by atoms with Gasteiger partial charge in [0.25, 0.3) is 7.82 Å². The maximum Gasteiger partial charge on any atom is 0.306 e. The number of phosphoric ester groups is 1. The molecule has 0 saturated carbocycles. The third-order valence-electron chi connectivity index (χ3n) is 13.5. The predicted molar refractivity (Wildman–Crippen MR) is 289 cm³/mol. The van der Waals surface area contributed by atoms with Crippen LogP contribution in [0.4, 0.5) is 0 Å². The van der Waals surface area contributed by atoms with Crippen LogP contribution in [0, 0.1) is 0 Å². The molecule has 0 aliphatic heterocycles. The van der Waals surface area contributed by atoms with Gasteiger partial charge in [-0.15, -0.1) is 0 Å². The van der Waals surface area contributed by atoms with Gasteiger partial charge in [-0.3, -0.25) is 18.9 Å². The molecular formula is C58H114NO10P.